The maximum Gasteiger partial charge on any atom is 0.230 e. The first-order valence-corrected chi connectivity index (χ1v) is 14.9. The molecule has 3 aliphatic rings. The van der Waals surface area contributed by atoms with Crippen LogP contribution in [0.25, 0.3) is 12.2 Å². The molecule has 5 rings (SSSR count). The van der Waals surface area contributed by atoms with Crippen LogP contribution in [0.3, 0.4) is 0 Å². The summed E-state index contributed by atoms with van der Waals surface area (Å²) in [4.78, 5) is 40.7. The highest BCUT2D eigenvalue weighted by Gasteiger charge is 2.80. The van der Waals surface area contributed by atoms with E-state index in [4.69, 9.17) is 5.73 Å². The molecule has 0 saturated heterocycles. The van der Waals surface area contributed by atoms with Crippen molar-refractivity contribution in [1.82, 2.24) is 0 Å². The van der Waals surface area contributed by atoms with Crippen LogP contribution in [0.15, 0.2) is 36.4 Å². The van der Waals surface area contributed by atoms with Gasteiger partial charge < -0.3 is 36.4 Å². The predicted molar refractivity (Wildman–Crippen MR) is 161 cm³/mol. The molecule has 2 fully saturated rings. The Morgan fingerprint density at radius 1 is 1.02 bits per heavy atom. The van der Waals surface area contributed by atoms with E-state index in [1.165, 1.54) is 6.92 Å². The lowest BCUT2D eigenvalue weighted by Gasteiger charge is -2.69. The van der Waals surface area contributed by atoms with Crippen molar-refractivity contribution in [1.29, 1.82) is 0 Å². The Hall–Kier alpha value is -3.41. The van der Waals surface area contributed by atoms with Crippen LogP contribution in [-0.2, 0) is 16.2 Å². The monoisotopic (exact) mass is 607 g/mol. The van der Waals surface area contributed by atoms with Crippen LogP contribution >= 0.6 is 0 Å². The number of rotatable bonds is 5. The Morgan fingerprint density at radius 2 is 1.64 bits per heavy atom. The van der Waals surface area contributed by atoms with Crippen molar-refractivity contribution in [2.75, 3.05) is 0 Å². The third-order valence-electron chi connectivity index (χ3n) is 11.3. The molecule has 0 aromatic heterocycles. The highest BCUT2D eigenvalue weighted by Crippen LogP contribution is 2.68. The Labute approximate surface area is 255 Å². The standard InChI is InChI=1S/C34H41NO9/c1-15(2)23-27(39)22(30(35)42)28(40)34(44)29(41)24-26(38)21-20(16(3)32(24,4)31(43)33(23,34)5)13-12-19(25(21)37)11-10-17-6-8-18(14-36)9-7-17/h6-13,15-16,22-24,27,29,31,36-37,39,41,43-44H,14H2,1-5H3,(H2,35,42)/t16-,22-,23+,24-,27?,29?,31-,32+,33+,34+/m1/s1. The van der Waals surface area contributed by atoms with E-state index >= 15 is 0 Å². The van der Waals surface area contributed by atoms with Crippen LogP contribution in [0, 0.1) is 34.5 Å². The Kier molecular flexibility index (Phi) is 7.71. The Bertz CT molecular complexity index is 1550. The first-order valence-electron chi connectivity index (χ1n) is 14.9. The second-order valence-electron chi connectivity index (χ2n) is 13.5. The average molecular weight is 608 g/mol. The van der Waals surface area contributed by atoms with Crippen molar-refractivity contribution in [2.45, 2.75) is 71.1 Å². The fraction of sp³-hybridized carbons (Fsp3) is 0.500. The number of aromatic hydroxyl groups is 1. The van der Waals surface area contributed by atoms with Crippen molar-refractivity contribution in [3.63, 3.8) is 0 Å². The molecule has 2 unspecified atom stereocenters. The van der Waals surface area contributed by atoms with Crippen molar-refractivity contribution in [3.8, 4) is 5.75 Å². The number of phenolic OH excluding ortho intramolecular Hbond substituents is 1. The summed E-state index contributed by atoms with van der Waals surface area (Å²) in [7, 11) is 0. The smallest absolute Gasteiger partial charge is 0.230 e. The number of phenols is 1. The first-order chi connectivity index (χ1) is 20.5. The van der Waals surface area contributed by atoms with E-state index in [2.05, 4.69) is 0 Å². The molecule has 2 aromatic rings. The van der Waals surface area contributed by atoms with Crippen LogP contribution in [0.4, 0.5) is 0 Å². The van der Waals surface area contributed by atoms with E-state index in [1.807, 2.05) is 0 Å². The Morgan fingerprint density at radius 3 is 2.18 bits per heavy atom. The van der Waals surface area contributed by atoms with Crippen LogP contribution in [0.5, 0.6) is 5.75 Å². The summed E-state index contributed by atoms with van der Waals surface area (Å²) in [6.45, 7) is 8.09. The highest BCUT2D eigenvalue weighted by molar-refractivity contribution is 6.09. The zero-order valence-corrected chi connectivity index (χ0v) is 25.4. The largest absolute Gasteiger partial charge is 0.507 e. The van der Waals surface area contributed by atoms with Gasteiger partial charge >= 0.3 is 0 Å². The number of ketones is 2. The third kappa shape index (κ3) is 3.94. The molecule has 10 atom stereocenters. The SMILES string of the molecule is CC(C)[C@H]1C(O)[C@@H](C(N)=O)C(=O)[C@]2(O)C(O)[C@H]3C(=O)c4c(ccc(C=Cc5ccc(CO)cc5)c4O)[C@@H](C)[C@]3(C)[C@@H](O)[C@]12C. The minimum Gasteiger partial charge on any atom is -0.507 e. The van der Waals surface area contributed by atoms with Gasteiger partial charge in [-0.2, -0.15) is 0 Å². The number of aliphatic hydroxyl groups excluding tert-OH is 4. The molecule has 0 bridgehead atoms. The van der Waals surface area contributed by atoms with Gasteiger partial charge in [0.1, 0.15) is 17.8 Å². The molecule has 3 aliphatic carbocycles. The maximum atomic E-state index is 14.4. The molecule has 2 aromatic carbocycles. The lowest BCUT2D eigenvalue weighted by atomic mass is 9.36. The van der Waals surface area contributed by atoms with Gasteiger partial charge in [0, 0.05) is 16.4 Å². The quantitative estimate of drug-likeness (QED) is 0.196. The lowest BCUT2D eigenvalue weighted by Crippen LogP contribution is -2.83. The topological polar surface area (TPSA) is 199 Å². The number of fused-ring (bicyclic) bond motifs is 3. The molecule has 236 valence electrons. The van der Waals surface area contributed by atoms with E-state index in [0.29, 0.717) is 11.1 Å². The number of primary amides is 1. The predicted octanol–water partition coefficient (Wildman–Crippen LogP) is 1.77. The van der Waals surface area contributed by atoms with Crippen molar-refractivity contribution in [2.24, 2.45) is 40.2 Å². The number of hydrogen-bond donors (Lipinski definition) is 7. The van der Waals surface area contributed by atoms with Crippen LogP contribution in [0.2, 0.25) is 0 Å². The van der Waals surface area contributed by atoms with Crippen LogP contribution < -0.4 is 5.73 Å². The lowest BCUT2D eigenvalue weighted by molar-refractivity contribution is -0.306. The number of Topliss-reactive ketones (excluding diaryl/α,β-unsaturated/α-hetero) is 2. The maximum absolute atomic E-state index is 14.4. The van der Waals surface area contributed by atoms with Gasteiger partial charge in [-0.25, -0.2) is 0 Å². The number of amides is 1. The zero-order chi connectivity index (χ0) is 32.7. The minimum absolute atomic E-state index is 0.0913. The van der Waals surface area contributed by atoms with Crippen molar-refractivity contribution < 1.29 is 45.0 Å². The van der Waals surface area contributed by atoms with Gasteiger partial charge in [0.2, 0.25) is 5.91 Å². The van der Waals surface area contributed by atoms with Gasteiger partial charge in [-0.05, 0) is 34.4 Å². The summed E-state index contributed by atoms with van der Waals surface area (Å²) >= 11 is 0. The summed E-state index contributed by atoms with van der Waals surface area (Å²) in [6, 6.07) is 10.4. The van der Waals surface area contributed by atoms with Gasteiger partial charge in [-0.1, -0.05) is 83.2 Å². The van der Waals surface area contributed by atoms with E-state index in [9.17, 15) is 45.0 Å². The summed E-state index contributed by atoms with van der Waals surface area (Å²) in [5.41, 5.74) is 1.48. The number of nitrogens with two attached hydrogens (primary N) is 1. The molecule has 44 heavy (non-hydrogen) atoms. The minimum atomic E-state index is -2.83. The molecule has 10 nitrogen and oxygen atoms in total. The van der Waals surface area contributed by atoms with Gasteiger partial charge in [-0.3, -0.25) is 14.4 Å². The van der Waals surface area contributed by atoms with Crippen LogP contribution in [-0.4, -0.2) is 72.0 Å². The van der Waals surface area contributed by atoms with Gasteiger partial charge in [0.25, 0.3) is 0 Å². The molecule has 8 N–H and O–H groups in total. The fourth-order valence-corrected chi connectivity index (χ4v) is 8.83. The van der Waals surface area contributed by atoms with E-state index in [-0.39, 0.29) is 17.9 Å². The second-order valence-corrected chi connectivity index (χ2v) is 13.5. The summed E-state index contributed by atoms with van der Waals surface area (Å²) in [5.74, 6) is -9.21. The van der Waals surface area contributed by atoms with Gasteiger partial charge in [-0.15, -0.1) is 0 Å². The van der Waals surface area contributed by atoms with E-state index < -0.39 is 81.8 Å². The normalized spacial score (nSPS) is 38.4. The van der Waals surface area contributed by atoms with Gasteiger partial charge in [0.05, 0.1) is 30.3 Å². The fourth-order valence-electron chi connectivity index (χ4n) is 8.83. The molecule has 0 radical (unpaired) electrons. The number of hydrogen-bond acceptors (Lipinski definition) is 9. The third-order valence-corrected chi connectivity index (χ3v) is 11.3. The molecular weight excluding hydrogens is 566 g/mol. The number of carbonyl (C=O) groups excluding carboxylic acids is 3. The second kappa shape index (κ2) is 10.6. The number of aliphatic hydroxyl groups is 5. The first kappa shape index (κ1) is 32.0. The van der Waals surface area contributed by atoms with E-state index in [0.717, 1.165) is 11.1 Å². The van der Waals surface area contributed by atoms with Crippen molar-refractivity contribution >= 4 is 29.6 Å². The molecule has 0 heterocycles. The summed E-state index contributed by atoms with van der Waals surface area (Å²) in [6.07, 6.45) is -2.03. The molecule has 10 heteroatoms. The summed E-state index contributed by atoms with van der Waals surface area (Å²) in [5, 5.41) is 68.5. The molecule has 0 aliphatic heterocycles. The number of benzene rings is 2. The van der Waals surface area contributed by atoms with Gasteiger partial charge in [0.15, 0.2) is 17.2 Å². The van der Waals surface area contributed by atoms with E-state index in [1.54, 1.807) is 76.2 Å². The van der Waals surface area contributed by atoms with Crippen molar-refractivity contribution in [3.05, 3.63) is 64.2 Å². The molecule has 1 amide bonds. The number of carbonyl (C=O) groups is 3. The average Bonchev–Trinajstić information content (AvgIpc) is 2.96. The van der Waals surface area contributed by atoms with Crippen LogP contribution in [0.1, 0.15) is 73.1 Å². The molecule has 2 saturated carbocycles. The highest BCUT2D eigenvalue weighted by atomic mass is 16.4. The molecule has 0 spiro atoms. The summed E-state index contributed by atoms with van der Waals surface area (Å²) < 4.78 is 0. The Balaban J connectivity index is 1.67. The molecular formula is C34H41NO9. The zero-order valence-electron chi connectivity index (χ0n) is 25.4.